The molecule has 1 saturated heterocycles. The second-order valence-corrected chi connectivity index (χ2v) is 6.97. The average Bonchev–Trinajstić information content (AvgIpc) is 2.87. The minimum absolute atomic E-state index is 0.00294. The van der Waals surface area contributed by atoms with Crippen LogP contribution in [-0.2, 0) is 14.3 Å². The second kappa shape index (κ2) is 7.89. The molecular weight excluding hydrogens is 308 g/mol. The normalized spacial score (nSPS) is 29.0. The van der Waals surface area contributed by atoms with Gasteiger partial charge in [-0.25, -0.2) is 4.79 Å². The standard InChI is InChI=1S/C18H28N2O4/c1-5-18(24-16(21)11-8-12-19(2)3)13-14-9-6-7-10-15(14)20(18)17(22)23-4/h1,14-15H,6-13H2,2-4H3/t14-,15-,18?/m1/s1. The average molecular weight is 336 g/mol. The van der Waals surface area contributed by atoms with Crippen molar-refractivity contribution in [1.29, 1.82) is 0 Å². The van der Waals surface area contributed by atoms with Gasteiger partial charge in [-0.1, -0.05) is 12.8 Å². The van der Waals surface area contributed by atoms with E-state index in [2.05, 4.69) is 5.92 Å². The Labute approximate surface area is 144 Å². The summed E-state index contributed by atoms with van der Waals surface area (Å²) in [6.45, 7) is 0.796. The van der Waals surface area contributed by atoms with Crippen LogP contribution < -0.4 is 0 Å². The van der Waals surface area contributed by atoms with Crippen molar-refractivity contribution in [3.8, 4) is 12.3 Å². The van der Waals surface area contributed by atoms with Crippen LogP contribution >= 0.6 is 0 Å². The Kier molecular flexibility index (Phi) is 6.11. The summed E-state index contributed by atoms with van der Waals surface area (Å²) in [5, 5.41) is 0. The number of fused-ring (bicyclic) bond motifs is 1. The highest BCUT2D eigenvalue weighted by molar-refractivity contribution is 5.74. The van der Waals surface area contributed by atoms with E-state index in [1.807, 2.05) is 19.0 Å². The van der Waals surface area contributed by atoms with Gasteiger partial charge in [-0.15, -0.1) is 6.42 Å². The lowest BCUT2D eigenvalue weighted by atomic mass is 9.84. The van der Waals surface area contributed by atoms with Crippen molar-refractivity contribution in [1.82, 2.24) is 9.80 Å². The molecule has 0 N–H and O–H groups in total. The van der Waals surface area contributed by atoms with Crippen molar-refractivity contribution in [3.05, 3.63) is 0 Å². The van der Waals surface area contributed by atoms with Crippen LogP contribution in [0.5, 0.6) is 0 Å². The van der Waals surface area contributed by atoms with E-state index >= 15 is 0 Å². The molecule has 0 spiro atoms. The minimum atomic E-state index is -1.30. The first-order chi connectivity index (χ1) is 11.4. The van der Waals surface area contributed by atoms with Gasteiger partial charge in [0.1, 0.15) is 0 Å². The number of carbonyl (C=O) groups is 2. The van der Waals surface area contributed by atoms with E-state index in [9.17, 15) is 9.59 Å². The number of likely N-dealkylation sites (tertiary alicyclic amines) is 1. The molecule has 0 aromatic carbocycles. The van der Waals surface area contributed by atoms with Crippen molar-refractivity contribution < 1.29 is 19.1 Å². The molecule has 134 valence electrons. The molecule has 1 unspecified atom stereocenters. The van der Waals surface area contributed by atoms with Crippen LogP contribution in [0.15, 0.2) is 0 Å². The largest absolute Gasteiger partial charge is 0.453 e. The van der Waals surface area contributed by atoms with Gasteiger partial charge in [-0.3, -0.25) is 9.69 Å². The first-order valence-corrected chi connectivity index (χ1v) is 8.65. The molecule has 0 bridgehead atoms. The summed E-state index contributed by atoms with van der Waals surface area (Å²) in [6, 6.07) is -0.00294. The van der Waals surface area contributed by atoms with Crippen LogP contribution in [0.1, 0.15) is 44.9 Å². The van der Waals surface area contributed by atoms with Crippen LogP contribution in [0.3, 0.4) is 0 Å². The number of hydrogen-bond acceptors (Lipinski definition) is 5. The quantitative estimate of drug-likeness (QED) is 0.569. The van der Waals surface area contributed by atoms with Gasteiger partial charge in [0, 0.05) is 18.9 Å². The molecule has 6 heteroatoms. The molecule has 1 saturated carbocycles. The Hall–Kier alpha value is -1.74. The zero-order chi connectivity index (χ0) is 17.7. The summed E-state index contributed by atoms with van der Waals surface area (Å²) >= 11 is 0. The fourth-order valence-corrected chi connectivity index (χ4v) is 3.90. The molecule has 1 amide bonds. The fourth-order valence-electron chi connectivity index (χ4n) is 3.90. The van der Waals surface area contributed by atoms with Crippen LogP contribution in [-0.4, -0.2) is 61.4 Å². The Morgan fingerprint density at radius 1 is 1.33 bits per heavy atom. The maximum Gasteiger partial charge on any atom is 0.413 e. The highest BCUT2D eigenvalue weighted by atomic mass is 16.6. The van der Waals surface area contributed by atoms with Crippen LogP contribution in [0.2, 0.25) is 0 Å². The summed E-state index contributed by atoms with van der Waals surface area (Å²) < 4.78 is 10.6. The first kappa shape index (κ1) is 18.6. The number of nitrogens with zero attached hydrogens (tertiary/aromatic N) is 2. The number of esters is 1. The highest BCUT2D eigenvalue weighted by Crippen LogP contribution is 2.46. The molecule has 0 aromatic heterocycles. The second-order valence-electron chi connectivity index (χ2n) is 6.97. The lowest BCUT2D eigenvalue weighted by molar-refractivity contribution is -0.165. The Balaban J connectivity index is 2.13. The summed E-state index contributed by atoms with van der Waals surface area (Å²) in [5.41, 5.74) is -1.30. The smallest absolute Gasteiger partial charge is 0.413 e. The Bertz CT molecular complexity index is 514. The summed E-state index contributed by atoms with van der Waals surface area (Å²) in [6.07, 6.45) is 10.8. The third-order valence-electron chi connectivity index (χ3n) is 4.99. The first-order valence-electron chi connectivity index (χ1n) is 8.65. The molecule has 1 aliphatic heterocycles. The molecule has 0 radical (unpaired) electrons. The van der Waals surface area contributed by atoms with Crippen LogP contribution in [0.25, 0.3) is 0 Å². The van der Waals surface area contributed by atoms with E-state index in [1.165, 1.54) is 12.0 Å². The number of amides is 1. The third kappa shape index (κ3) is 3.84. The zero-order valence-electron chi connectivity index (χ0n) is 14.9. The molecule has 2 rings (SSSR count). The van der Waals surface area contributed by atoms with Crippen molar-refractivity contribution in [2.45, 2.75) is 56.7 Å². The molecule has 2 fully saturated rings. The van der Waals surface area contributed by atoms with E-state index in [4.69, 9.17) is 15.9 Å². The maximum absolute atomic E-state index is 12.3. The van der Waals surface area contributed by atoms with Gasteiger partial charge in [-0.2, -0.15) is 0 Å². The number of hydrogen-bond donors (Lipinski definition) is 0. The van der Waals surface area contributed by atoms with E-state index in [-0.39, 0.29) is 24.3 Å². The lowest BCUT2D eigenvalue weighted by Crippen LogP contribution is -2.53. The molecule has 1 heterocycles. The number of methoxy groups -OCH3 is 1. The molecule has 2 aliphatic rings. The van der Waals surface area contributed by atoms with E-state index in [0.29, 0.717) is 12.8 Å². The van der Waals surface area contributed by atoms with Gasteiger partial charge in [0.2, 0.25) is 0 Å². The van der Waals surface area contributed by atoms with E-state index in [1.54, 1.807) is 0 Å². The zero-order valence-corrected chi connectivity index (χ0v) is 14.9. The Morgan fingerprint density at radius 2 is 2.04 bits per heavy atom. The van der Waals surface area contributed by atoms with Gasteiger partial charge in [-0.05, 0) is 51.7 Å². The van der Waals surface area contributed by atoms with Gasteiger partial charge in [0.15, 0.2) is 0 Å². The van der Waals surface area contributed by atoms with Crippen molar-refractivity contribution >= 4 is 12.1 Å². The van der Waals surface area contributed by atoms with Crippen molar-refractivity contribution in [3.63, 3.8) is 0 Å². The monoisotopic (exact) mass is 336 g/mol. The molecule has 0 aromatic rings. The predicted octanol–water partition coefficient (Wildman–Crippen LogP) is 2.23. The van der Waals surface area contributed by atoms with Gasteiger partial charge in [0.05, 0.1) is 7.11 Å². The number of ether oxygens (including phenoxy) is 2. The molecular formula is C18H28N2O4. The number of terminal acetylenes is 1. The molecule has 1 aliphatic carbocycles. The van der Waals surface area contributed by atoms with Crippen molar-refractivity contribution in [2.75, 3.05) is 27.7 Å². The van der Waals surface area contributed by atoms with Gasteiger partial charge >= 0.3 is 12.1 Å². The van der Waals surface area contributed by atoms with Crippen molar-refractivity contribution in [2.24, 2.45) is 5.92 Å². The minimum Gasteiger partial charge on any atom is -0.453 e. The van der Waals surface area contributed by atoms with Gasteiger partial charge in [0.25, 0.3) is 5.72 Å². The Morgan fingerprint density at radius 3 is 2.67 bits per heavy atom. The van der Waals surface area contributed by atoms with E-state index < -0.39 is 11.8 Å². The van der Waals surface area contributed by atoms with Gasteiger partial charge < -0.3 is 14.4 Å². The number of carbonyl (C=O) groups excluding carboxylic acids is 2. The third-order valence-corrected chi connectivity index (χ3v) is 4.99. The summed E-state index contributed by atoms with van der Waals surface area (Å²) in [7, 11) is 5.24. The molecule has 24 heavy (non-hydrogen) atoms. The summed E-state index contributed by atoms with van der Waals surface area (Å²) in [4.78, 5) is 28.1. The van der Waals surface area contributed by atoms with Crippen LogP contribution in [0, 0.1) is 18.3 Å². The summed E-state index contributed by atoms with van der Waals surface area (Å²) in [5.74, 6) is 2.51. The lowest BCUT2D eigenvalue weighted by Gasteiger charge is -2.36. The predicted molar refractivity (Wildman–Crippen MR) is 90.1 cm³/mol. The highest BCUT2D eigenvalue weighted by Gasteiger charge is 2.56. The number of rotatable bonds is 5. The van der Waals surface area contributed by atoms with E-state index in [0.717, 1.165) is 32.2 Å². The maximum atomic E-state index is 12.3. The topological polar surface area (TPSA) is 59.1 Å². The van der Waals surface area contributed by atoms with Crippen LogP contribution in [0.4, 0.5) is 4.79 Å². The molecule has 6 nitrogen and oxygen atoms in total. The SMILES string of the molecule is C#CC1(OC(=O)CCCN(C)C)C[C@H]2CCCC[C@H]2N1C(=O)OC. The fraction of sp³-hybridized carbons (Fsp3) is 0.778. The molecule has 3 atom stereocenters.